The first-order valence-electron chi connectivity index (χ1n) is 3.53. The summed E-state index contributed by atoms with van der Waals surface area (Å²) >= 11 is 0. The van der Waals surface area contributed by atoms with Gasteiger partial charge in [-0.15, -0.1) is 0 Å². The first kappa shape index (κ1) is 9.18. The number of hydrogen-bond donors (Lipinski definition) is 2. The molecule has 0 amide bonds. The van der Waals surface area contributed by atoms with Crippen LogP contribution in [0.25, 0.3) is 0 Å². The molecule has 13 heavy (non-hydrogen) atoms. The smallest absolute Gasteiger partial charge is 0.356 e. The van der Waals surface area contributed by atoms with Gasteiger partial charge in [-0.25, -0.2) is 9.78 Å². The van der Waals surface area contributed by atoms with Gasteiger partial charge in [0.15, 0.2) is 0 Å². The average Bonchev–Trinajstić information content (AvgIpc) is 2.17. The Morgan fingerprint density at radius 2 is 2.46 bits per heavy atom. The lowest BCUT2D eigenvalue weighted by Crippen LogP contribution is -2.06. The van der Waals surface area contributed by atoms with E-state index in [4.69, 9.17) is 11.1 Å². The molecule has 1 heterocycles. The zero-order chi connectivity index (χ0) is 9.84. The van der Waals surface area contributed by atoms with E-state index in [1.54, 1.807) is 0 Å². The maximum Gasteiger partial charge on any atom is 0.356 e. The van der Waals surface area contributed by atoms with Gasteiger partial charge in [-0.1, -0.05) is 0 Å². The summed E-state index contributed by atoms with van der Waals surface area (Å²) in [5.41, 5.74) is 6.44. The Labute approximate surface area is 75.0 Å². The fraction of sp³-hybridized carbons (Fsp3) is 0.125. The molecule has 5 heteroatoms. The molecule has 0 bridgehead atoms. The molecule has 0 spiro atoms. The summed E-state index contributed by atoms with van der Waals surface area (Å²) < 4.78 is 4.46. The van der Waals surface area contributed by atoms with Gasteiger partial charge in [-0.05, 0) is 6.07 Å². The average molecular weight is 179 g/mol. The molecule has 0 aliphatic rings. The van der Waals surface area contributed by atoms with E-state index in [1.807, 2.05) is 0 Å². The van der Waals surface area contributed by atoms with Crippen LogP contribution in [0.3, 0.4) is 0 Å². The number of esters is 1. The monoisotopic (exact) mass is 179 g/mol. The molecule has 0 aliphatic carbocycles. The topological polar surface area (TPSA) is 89.1 Å². The third-order valence-corrected chi connectivity index (χ3v) is 1.52. The Kier molecular flexibility index (Phi) is 2.59. The molecule has 1 aromatic rings. The number of methoxy groups -OCH3 is 1. The van der Waals surface area contributed by atoms with Crippen molar-refractivity contribution in [2.24, 2.45) is 0 Å². The predicted octanol–water partition coefficient (Wildman–Crippen LogP) is 0.448. The molecule has 5 nitrogen and oxygen atoms in total. The van der Waals surface area contributed by atoms with Gasteiger partial charge >= 0.3 is 5.97 Å². The van der Waals surface area contributed by atoms with Gasteiger partial charge < -0.3 is 15.9 Å². The minimum Gasteiger partial charge on any atom is -0.464 e. The number of ether oxygens (including phenoxy) is 1. The number of carbonyl (C=O) groups excluding carboxylic acids is 1. The van der Waals surface area contributed by atoms with E-state index < -0.39 is 5.97 Å². The van der Waals surface area contributed by atoms with Gasteiger partial charge in [0.05, 0.1) is 19.0 Å². The summed E-state index contributed by atoms with van der Waals surface area (Å²) in [6, 6.07) is 1.41. The minimum atomic E-state index is -0.539. The third kappa shape index (κ3) is 1.81. The van der Waals surface area contributed by atoms with E-state index in [0.29, 0.717) is 11.3 Å². The number of nitrogens with two attached hydrogens (primary N) is 1. The van der Waals surface area contributed by atoms with Crippen molar-refractivity contribution in [1.82, 2.24) is 4.98 Å². The van der Waals surface area contributed by atoms with Gasteiger partial charge in [0.2, 0.25) is 0 Å². The van der Waals surface area contributed by atoms with Crippen LogP contribution < -0.4 is 5.73 Å². The first-order chi connectivity index (χ1) is 6.19. The summed E-state index contributed by atoms with van der Waals surface area (Å²) in [7, 11) is 1.27. The molecule has 0 unspecified atom stereocenters. The lowest BCUT2D eigenvalue weighted by molar-refractivity contribution is 0.0594. The number of pyridine rings is 1. The van der Waals surface area contributed by atoms with Crippen molar-refractivity contribution in [3.05, 3.63) is 23.5 Å². The lowest BCUT2D eigenvalue weighted by Gasteiger charge is -2.01. The van der Waals surface area contributed by atoms with E-state index in [9.17, 15) is 4.79 Å². The lowest BCUT2D eigenvalue weighted by atomic mass is 10.2. The van der Waals surface area contributed by atoms with E-state index in [-0.39, 0.29) is 5.69 Å². The molecule has 3 N–H and O–H groups in total. The molecule has 1 rings (SSSR count). The maximum atomic E-state index is 11.0. The highest BCUT2D eigenvalue weighted by Crippen LogP contribution is 2.09. The minimum absolute atomic E-state index is 0.148. The van der Waals surface area contributed by atoms with Crippen molar-refractivity contribution in [1.29, 1.82) is 5.41 Å². The van der Waals surface area contributed by atoms with E-state index >= 15 is 0 Å². The Balaban J connectivity index is 3.13. The van der Waals surface area contributed by atoms with Crippen LogP contribution in [0.4, 0.5) is 5.69 Å². The fourth-order valence-electron chi connectivity index (χ4n) is 0.823. The molecule has 68 valence electrons. The quantitative estimate of drug-likeness (QED) is 0.509. The second-order valence-electron chi connectivity index (χ2n) is 2.33. The van der Waals surface area contributed by atoms with Crippen LogP contribution in [-0.2, 0) is 4.74 Å². The van der Waals surface area contributed by atoms with Gasteiger partial charge in [0, 0.05) is 11.8 Å². The molecule has 0 aliphatic heterocycles. The fourth-order valence-corrected chi connectivity index (χ4v) is 0.823. The van der Waals surface area contributed by atoms with Crippen LogP contribution in [0.1, 0.15) is 16.1 Å². The van der Waals surface area contributed by atoms with Gasteiger partial charge in [0.25, 0.3) is 0 Å². The number of hydrogen-bond acceptors (Lipinski definition) is 5. The standard InChI is InChI=1S/C8H9N3O2/c1-13-8(12)7-2-5(3-9)6(10)4-11-7/h2-4,9H,10H2,1H3. The Hall–Kier alpha value is -1.91. The highest BCUT2D eigenvalue weighted by atomic mass is 16.5. The largest absolute Gasteiger partial charge is 0.464 e. The van der Waals surface area contributed by atoms with Crippen molar-refractivity contribution >= 4 is 17.9 Å². The van der Waals surface area contributed by atoms with Crippen LogP contribution in [0.15, 0.2) is 12.3 Å². The van der Waals surface area contributed by atoms with Crippen molar-refractivity contribution in [3.8, 4) is 0 Å². The number of nitrogens with zero attached hydrogens (tertiary/aromatic N) is 1. The molecule has 0 atom stereocenters. The highest BCUT2D eigenvalue weighted by molar-refractivity contribution is 5.92. The van der Waals surface area contributed by atoms with Gasteiger partial charge in [-0.3, -0.25) is 0 Å². The molecule has 0 aromatic carbocycles. The zero-order valence-electron chi connectivity index (χ0n) is 7.07. The predicted molar refractivity (Wildman–Crippen MR) is 47.9 cm³/mol. The van der Waals surface area contributed by atoms with Crippen LogP contribution in [0.2, 0.25) is 0 Å². The summed E-state index contributed by atoms with van der Waals surface area (Å²) in [6.07, 6.45) is 2.38. The zero-order valence-corrected chi connectivity index (χ0v) is 7.07. The number of aromatic nitrogens is 1. The van der Waals surface area contributed by atoms with Gasteiger partial charge in [0.1, 0.15) is 5.69 Å². The molecule has 0 saturated carbocycles. The molecular weight excluding hydrogens is 170 g/mol. The summed E-state index contributed by atoms with van der Waals surface area (Å²) in [4.78, 5) is 14.7. The Morgan fingerprint density at radius 3 is 3.00 bits per heavy atom. The van der Waals surface area contributed by atoms with E-state index in [0.717, 1.165) is 6.21 Å². The van der Waals surface area contributed by atoms with E-state index in [2.05, 4.69) is 9.72 Å². The maximum absolute atomic E-state index is 11.0. The van der Waals surface area contributed by atoms with Crippen LogP contribution in [0.5, 0.6) is 0 Å². The molecule has 0 radical (unpaired) electrons. The molecule has 1 aromatic heterocycles. The van der Waals surface area contributed by atoms with E-state index in [1.165, 1.54) is 19.4 Å². The summed E-state index contributed by atoms with van der Waals surface area (Å²) in [6.45, 7) is 0. The van der Waals surface area contributed by atoms with Crippen molar-refractivity contribution < 1.29 is 9.53 Å². The molecular formula is C8H9N3O2. The van der Waals surface area contributed by atoms with Crippen LogP contribution >= 0.6 is 0 Å². The van der Waals surface area contributed by atoms with Crippen molar-refractivity contribution in [2.75, 3.05) is 12.8 Å². The second-order valence-corrected chi connectivity index (χ2v) is 2.33. The van der Waals surface area contributed by atoms with Gasteiger partial charge in [-0.2, -0.15) is 0 Å². The number of nitrogen functional groups attached to an aromatic ring is 1. The number of nitrogens with one attached hydrogen (secondary N) is 1. The van der Waals surface area contributed by atoms with Crippen molar-refractivity contribution in [3.63, 3.8) is 0 Å². The number of carbonyl (C=O) groups is 1. The Bertz CT molecular complexity index is 349. The molecule has 0 saturated heterocycles. The molecule has 0 fully saturated rings. The number of anilines is 1. The Morgan fingerprint density at radius 1 is 1.77 bits per heavy atom. The number of rotatable bonds is 2. The third-order valence-electron chi connectivity index (χ3n) is 1.52. The van der Waals surface area contributed by atoms with Crippen LogP contribution in [-0.4, -0.2) is 24.3 Å². The summed E-state index contributed by atoms with van der Waals surface area (Å²) in [5.74, 6) is -0.539. The SMILES string of the molecule is COC(=O)c1cc(C=N)c(N)cn1. The second kappa shape index (κ2) is 3.66. The highest BCUT2D eigenvalue weighted by Gasteiger charge is 2.08. The summed E-state index contributed by atoms with van der Waals surface area (Å²) in [5, 5.41) is 6.99. The normalized spacial score (nSPS) is 9.31. The van der Waals surface area contributed by atoms with Crippen LogP contribution in [0, 0.1) is 5.41 Å². The van der Waals surface area contributed by atoms with Crippen molar-refractivity contribution in [2.45, 2.75) is 0 Å². The first-order valence-corrected chi connectivity index (χ1v) is 3.53.